The molecule has 0 radical (unpaired) electrons. The van der Waals surface area contributed by atoms with Crippen LogP contribution in [-0.2, 0) is 4.79 Å². The van der Waals surface area contributed by atoms with Gasteiger partial charge in [-0.05, 0) is 30.5 Å². The van der Waals surface area contributed by atoms with Gasteiger partial charge in [0.25, 0.3) is 5.91 Å². The molecule has 0 saturated heterocycles. The van der Waals surface area contributed by atoms with Crippen LogP contribution in [0.2, 0.25) is 0 Å². The second-order valence-corrected chi connectivity index (χ2v) is 5.12. The molecule has 0 aliphatic heterocycles. The molecule has 1 atom stereocenters. The predicted octanol–water partition coefficient (Wildman–Crippen LogP) is 2.61. The van der Waals surface area contributed by atoms with Crippen LogP contribution in [0.25, 0.3) is 0 Å². The molecular formula is C18H21NO3. The van der Waals surface area contributed by atoms with Crippen molar-refractivity contribution in [1.29, 1.82) is 0 Å². The van der Waals surface area contributed by atoms with E-state index >= 15 is 0 Å². The summed E-state index contributed by atoms with van der Waals surface area (Å²) in [5.74, 6) is 0.519. The number of nitrogens with one attached hydrogen (secondary N) is 1. The number of hydrogen-bond acceptors (Lipinski definition) is 3. The maximum Gasteiger partial charge on any atom is 0.257 e. The lowest BCUT2D eigenvalue weighted by Gasteiger charge is -2.12. The van der Waals surface area contributed by atoms with Crippen LogP contribution < -0.4 is 10.1 Å². The van der Waals surface area contributed by atoms with Crippen molar-refractivity contribution in [2.75, 3.05) is 13.2 Å². The first-order valence-corrected chi connectivity index (χ1v) is 7.35. The Morgan fingerprint density at radius 2 is 1.82 bits per heavy atom. The zero-order chi connectivity index (χ0) is 15.8. The lowest BCUT2D eigenvalue weighted by Crippen LogP contribution is -2.30. The Kier molecular flexibility index (Phi) is 5.98. The molecule has 0 spiro atoms. The van der Waals surface area contributed by atoms with E-state index in [0.717, 1.165) is 11.1 Å². The number of aliphatic hydroxyl groups is 1. The van der Waals surface area contributed by atoms with Crippen molar-refractivity contribution in [2.45, 2.75) is 19.4 Å². The summed E-state index contributed by atoms with van der Waals surface area (Å²) in [7, 11) is 0. The fourth-order valence-electron chi connectivity index (χ4n) is 2.10. The topological polar surface area (TPSA) is 58.6 Å². The van der Waals surface area contributed by atoms with E-state index in [1.165, 1.54) is 0 Å². The van der Waals surface area contributed by atoms with E-state index in [-0.39, 0.29) is 12.5 Å². The van der Waals surface area contributed by atoms with Crippen LogP contribution in [0.4, 0.5) is 0 Å². The average molecular weight is 299 g/mol. The molecule has 1 amide bonds. The number of amides is 1. The molecule has 0 heterocycles. The van der Waals surface area contributed by atoms with Gasteiger partial charge in [0.2, 0.25) is 0 Å². The highest BCUT2D eigenvalue weighted by Crippen LogP contribution is 2.16. The van der Waals surface area contributed by atoms with Crippen LogP contribution in [0, 0.1) is 6.92 Å². The van der Waals surface area contributed by atoms with Crippen molar-refractivity contribution < 1.29 is 14.6 Å². The molecule has 0 aromatic heterocycles. The van der Waals surface area contributed by atoms with Gasteiger partial charge in [-0.2, -0.15) is 0 Å². The molecular weight excluding hydrogens is 278 g/mol. The summed E-state index contributed by atoms with van der Waals surface area (Å²) in [6, 6.07) is 17.0. The summed E-state index contributed by atoms with van der Waals surface area (Å²) >= 11 is 0. The number of aryl methyl sites for hydroxylation is 1. The molecule has 2 rings (SSSR count). The third-order valence-electron chi connectivity index (χ3n) is 3.38. The molecule has 4 nitrogen and oxygen atoms in total. The Labute approximate surface area is 130 Å². The van der Waals surface area contributed by atoms with E-state index < -0.39 is 6.10 Å². The molecule has 0 fully saturated rings. The second-order valence-electron chi connectivity index (χ2n) is 5.12. The first-order chi connectivity index (χ1) is 10.7. The minimum Gasteiger partial charge on any atom is -0.484 e. The Hall–Kier alpha value is -2.33. The van der Waals surface area contributed by atoms with Gasteiger partial charge in [-0.1, -0.05) is 48.5 Å². The third kappa shape index (κ3) is 4.90. The van der Waals surface area contributed by atoms with E-state index in [4.69, 9.17) is 4.74 Å². The maximum absolute atomic E-state index is 11.7. The molecule has 2 aromatic rings. The minimum atomic E-state index is -0.571. The largest absolute Gasteiger partial charge is 0.484 e. The summed E-state index contributed by atoms with van der Waals surface area (Å²) < 4.78 is 5.47. The Morgan fingerprint density at radius 3 is 2.55 bits per heavy atom. The van der Waals surface area contributed by atoms with Gasteiger partial charge < -0.3 is 15.2 Å². The van der Waals surface area contributed by atoms with E-state index in [0.29, 0.717) is 18.7 Å². The summed E-state index contributed by atoms with van der Waals surface area (Å²) in [6.07, 6.45) is -0.0982. The molecule has 4 heteroatoms. The fourth-order valence-corrected chi connectivity index (χ4v) is 2.10. The minimum absolute atomic E-state index is 0.0215. The molecule has 0 aliphatic carbocycles. The van der Waals surface area contributed by atoms with Gasteiger partial charge in [0.1, 0.15) is 5.75 Å². The first kappa shape index (κ1) is 16.0. The van der Waals surface area contributed by atoms with E-state index in [1.807, 2.05) is 61.5 Å². The molecule has 1 unspecified atom stereocenters. The van der Waals surface area contributed by atoms with Crippen LogP contribution in [-0.4, -0.2) is 24.2 Å². The lowest BCUT2D eigenvalue weighted by atomic mass is 10.1. The standard InChI is InChI=1S/C18H21NO3/c1-14-7-5-6-10-17(14)22-13-18(21)19-12-11-16(20)15-8-3-2-4-9-15/h2-10,16,20H,11-13H2,1H3,(H,19,21). The van der Waals surface area contributed by atoms with Gasteiger partial charge in [0.05, 0.1) is 6.10 Å². The zero-order valence-electron chi connectivity index (χ0n) is 12.7. The van der Waals surface area contributed by atoms with Crippen molar-refractivity contribution in [1.82, 2.24) is 5.32 Å². The van der Waals surface area contributed by atoms with Gasteiger partial charge >= 0.3 is 0 Å². The predicted molar refractivity (Wildman–Crippen MR) is 85.7 cm³/mol. The first-order valence-electron chi connectivity index (χ1n) is 7.35. The van der Waals surface area contributed by atoms with Crippen molar-refractivity contribution in [3.8, 4) is 5.75 Å². The fraction of sp³-hybridized carbons (Fsp3) is 0.278. The smallest absolute Gasteiger partial charge is 0.257 e. The van der Waals surface area contributed by atoms with Gasteiger partial charge in [0.15, 0.2) is 6.61 Å². The van der Waals surface area contributed by atoms with Gasteiger partial charge in [-0.15, -0.1) is 0 Å². The Bertz CT molecular complexity index is 598. The lowest BCUT2D eigenvalue weighted by molar-refractivity contribution is -0.123. The van der Waals surface area contributed by atoms with Crippen molar-refractivity contribution in [3.05, 3.63) is 65.7 Å². The summed E-state index contributed by atoms with van der Waals surface area (Å²) in [4.78, 5) is 11.7. The van der Waals surface area contributed by atoms with Gasteiger partial charge in [0, 0.05) is 6.54 Å². The molecule has 0 saturated carbocycles. The Balaban J connectivity index is 1.69. The summed E-state index contributed by atoms with van der Waals surface area (Å²) in [6.45, 7) is 2.32. The van der Waals surface area contributed by atoms with E-state index in [2.05, 4.69) is 5.32 Å². The molecule has 2 N–H and O–H groups in total. The van der Waals surface area contributed by atoms with Crippen molar-refractivity contribution in [2.24, 2.45) is 0 Å². The number of ether oxygens (including phenoxy) is 1. The van der Waals surface area contributed by atoms with Gasteiger partial charge in [-0.3, -0.25) is 4.79 Å². The quantitative estimate of drug-likeness (QED) is 0.826. The SMILES string of the molecule is Cc1ccccc1OCC(=O)NCCC(O)c1ccccc1. The number of para-hydroxylation sites is 1. The summed E-state index contributed by atoms with van der Waals surface area (Å²) in [5.41, 5.74) is 1.85. The highest BCUT2D eigenvalue weighted by molar-refractivity contribution is 5.77. The highest BCUT2D eigenvalue weighted by Gasteiger charge is 2.08. The van der Waals surface area contributed by atoms with Gasteiger partial charge in [-0.25, -0.2) is 0 Å². The molecule has 2 aromatic carbocycles. The number of hydrogen-bond donors (Lipinski definition) is 2. The van der Waals surface area contributed by atoms with Crippen LogP contribution in [0.1, 0.15) is 23.7 Å². The van der Waals surface area contributed by atoms with Crippen molar-refractivity contribution in [3.63, 3.8) is 0 Å². The second kappa shape index (κ2) is 8.20. The molecule has 0 aliphatic rings. The van der Waals surface area contributed by atoms with Crippen LogP contribution >= 0.6 is 0 Å². The molecule has 22 heavy (non-hydrogen) atoms. The van der Waals surface area contributed by atoms with Crippen LogP contribution in [0.5, 0.6) is 5.75 Å². The molecule has 0 bridgehead atoms. The number of carbonyl (C=O) groups excluding carboxylic acids is 1. The number of benzene rings is 2. The summed E-state index contributed by atoms with van der Waals surface area (Å²) in [5, 5.41) is 12.7. The monoisotopic (exact) mass is 299 g/mol. The third-order valence-corrected chi connectivity index (χ3v) is 3.38. The highest BCUT2D eigenvalue weighted by atomic mass is 16.5. The normalized spacial score (nSPS) is 11.7. The van der Waals surface area contributed by atoms with E-state index in [1.54, 1.807) is 0 Å². The molecule has 116 valence electrons. The van der Waals surface area contributed by atoms with Crippen molar-refractivity contribution >= 4 is 5.91 Å². The van der Waals surface area contributed by atoms with Crippen LogP contribution in [0.3, 0.4) is 0 Å². The number of aliphatic hydroxyl groups excluding tert-OH is 1. The van der Waals surface area contributed by atoms with Crippen LogP contribution in [0.15, 0.2) is 54.6 Å². The number of carbonyl (C=O) groups is 1. The Morgan fingerprint density at radius 1 is 1.14 bits per heavy atom. The maximum atomic E-state index is 11.7. The number of rotatable bonds is 7. The average Bonchev–Trinajstić information content (AvgIpc) is 2.55. The zero-order valence-corrected chi connectivity index (χ0v) is 12.7. The van der Waals surface area contributed by atoms with E-state index in [9.17, 15) is 9.90 Å².